The van der Waals surface area contributed by atoms with Gasteiger partial charge in [-0.1, -0.05) is 31.2 Å². The van der Waals surface area contributed by atoms with E-state index in [1.54, 1.807) is 56.3 Å². The summed E-state index contributed by atoms with van der Waals surface area (Å²) in [6.07, 6.45) is 0.813. The van der Waals surface area contributed by atoms with E-state index in [-0.39, 0.29) is 25.0 Å². The maximum Gasteiger partial charge on any atom is 0.347 e. The van der Waals surface area contributed by atoms with Crippen molar-refractivity contribution < 1.29 is 38.1 Å². The van der Waals surface area contributed by atoms with Gasteiger partial charge in [-0.25, -0.2) is 4.79 Å². The molecule has 0 saturated heterocycles. The molecule has 0 spiro atoms. The summed E-state index contributed by atoms with van der Waals surface area (Å²) in [5.41, 5.74) is 1.40. The van der Waals surface area contributed by atoms with Crippen molar-refractivity contribution in [2.24, 2.45) is 5.92 Å². The predicted octanol–water partition coefficient (Wildman–Crippen LogP) is 5.04. The van der Waals surface area contributed by atoms with Crippen LogP contribution in [0.4, 0.5) is 5.00 Å². The monoisotopic (exact) mass is 610 g/mol. The summed E-state index contributed by atoms with van der Waals surface area (Å²) in [6, 6.07) is 14.1. The molecule has 2 amide bonds. The molecule has 10 nitrogen and oxygen atoms in total. The van der Waals surface area contributed by atoms with Gasteiger partial charge in [0.15, 0.2) is 35.2 Å². The van der Waals surface area contributed by atoms with Gasteiger partial charge in [0.25, 0.3) is 11.8 Å². The normalized spacial score (nSPS) is 15.3. The van der Waals surface area contributed by atoms with E-state index in [1.807, 2.05) is 6.07 Å². The van der Waals surface area contributed by atoms with Crippen LogP contribution < -0.4 is 29.6 Å². The molecule has 2 aromatic carbocycles. The van der Waals surface area contributed by atoms with Crippen LogP contribution >= 0.6 is 11.3 Å². The zero-order valence-electron chi connectivity index (χ0n) is 25.1. The number of rotatable bonds is 13. The molecule has 3 atom stereocenters. The Morgan fingerprint density at radius 1 is 0.907 bits per heavy atom. The summed E-state index contributed by atoms with van der Waals surface area (Å²) in [7, 11) is 3.05. The topological polar surface area (TPSA) is 121 Å². The highest BCUT2D eigenvalue weighted by atomic mass is 32.1. The second-order valence-corrected chi connectivity index (χ2v) is 11.4. The lowest BCUT2D eigenvalue weighted by Gasteiger charge is -2.19. The molecule has 0 bridgehead atoms. The van der Waals surface area contributed by atoms with Crippen LogP contribution in [-0.4, -0.2) is 57.4 Å². The highest BCUT2D eigenvalue weighted by molar-refractivity contribution is 7.17. The number of methoxy groups -OCH3 is 2. The van der Waals surface area contributed by atoms with Gasteiger partial charge in [-0.05, 0) is 68.9 Å². The molecule has 43 heavy (non-hydrogen) atoms. The molecule has 1 heterocycles. The lowest BCUT2D eigenvalue weighted by molar-refractivity contribution is -0.150. The van der Waals surface area contributed by atoms with Gasteiger partial charge in [-0.3, -0.25) is 9.59 Å². The van der Waals surface area contributed by atoms with Crippen molar-refractivity contribution in [2.75, 3.05) is 32.7 Å². The number of hydrogen-bond donors (Lipinski definition) is 2. The molecule has 2 N–H and O–H groups in total. The average Bonchev–Trinajstić information content (AvgIpc) is 3.36. The Kier molecular flexibility index (Phi) is 10.9. The molecule has 0 saturated carbocycles. The lowest BCUT2D eigenvalue weighted by Crippen LogP contribution is -2.33. The number of ether oxygens (including phenoxy) is 5. The van der Waals surface area contributed by atoms with Gasteiger partial charge in [0.2, 0.25) is 0 Å². The molecular weight excluding hydrogens is 572 g/mol. The highest BCUT2D eigenvalue weighted by Crippen LogP contribution is 2.40. The quantitative estimate of drug-likeness (QED) is 0.204. The number of hydrogen-bond acceptors (Lipinski definition) is 9. The molecule has 230 valence electrons. The molecule has 0 fully saturated rings. The number of amides is 2. The van der Waals surface area contributed by atoms with Gasteiger partial charge in [-0.2, -0.15) is 0 Å². The Morgan fingerprint density at radius 3 is 2.09 bits per heavy atom. The summed E-state index contributed by atoms with van der Waals surface area (Å²) >= 11 is 1.42. The molecule has 1 aliphatic rings. The fraction of sp³-hybridized carbons (Fsp3) is 0.406. The summed E-state index contributed by atoms with van der Waals surface area (Å²) in [5.74, 6) is 1.09. The van der Waals surface area contributed by atoms with E-state index in [4.69, 9.17) is 23.7 Å². The fourth-order valence-electron chi connectivity index (χ4n) is 4.73. The minimum atomic E-state index is -0.875. The number of carbonyl (C=O) groups is 3. The van der Waals surface area contributed by atoms with Crippen molar-refractivity contribution in [1.82, 2.24) is 5.32 Å². The minimum Gasteiger partial charge on any atom is -0.493 e. The van der Waals surface area contributed by atoms with Crippen LogP contribution in [0.5, 0.6) is 23.0 Å². The number of carbonyl (C=O) groups excluding carboxylic acids is 3. The molecule has 3 unspecified atom stereocenters. The number of esters is 1. The molecule has 0 aliphatic heterocycles. The van der Waals surface area contributed by atoms with Crippen molar-refractivity contribution in [2.45, 2.75) is 52.2 Å². The Labute approximate surface area is 255 Å². The van der Waals surface area contributed by atoms with Crippen molar-refractivity contribution in [1.29, 1.82) is 0 Å². The van der Waals surface area contributed by atoms with Crippen LogP contribution in [0.15, 0.2) is 48.5 Å². The second-order valence-electron chi connectivity index (χ2n) is 10.3. The summed E-state index contributed by atoms with van der Waals surface area (Å²) in [4.78, 5) is 40.1. The number of para-hydroxylation sites is 4. The Balaban J connectivity index is 1.37. The number of nitrogens with one attached hydrogen (secondary N) is 2. The second kappa shape index (κ2) is 14.8. The van der Waals surface area contributed by atoms with E-state index in [1.165, 1.54) is 25.6 Å². The largest absolute Gasteiger partial charge is 0.493 e. The third-order valence-corrected chi connectivity index (χ3v) is 8.22. The maximum absolute atomic E-state index is 13.4. The van der Waals surface area contributed by atoms with Crippen LogP contribution in [0.25, 0.3) is 0 Å². The van der Waals surface area contributed by atoms with Crippen LogP contribution in [0.3, 0.4) is 0 Å². The van der Waals surface area contributed by atoms with E-state index in [0.29, 0.717) is 39.5 Å². The van der Waals surface area contributed by atoms with Crippen molar-refractivity contribution >= 4 is 34.1 Å². The van der Waals surface area contributed by atoms with E-state index in [2.05, 4.69) is 17.6 Å². The van der Waals surface area contributed by atoms with E-state index < -0.39 is 18.2 Å². The first-order valence-corrected chi connectivity index (χ1v) is 15.0. The zero-order valence-corrected chi connectivity index (χ0v) is 25.9. The third-order valence-electron chi connectivity index (χ3n) is 7.05. The first-order chi connectivity index (χ1) is 20.7. The standard InChI is InChI=1S/C32H38N2O8S/c1-19-14-15-22-27(18-19)43-31(34-29(35)20(2)41-25-12-8-6-10-23(25)38-4)28(22)30(36)33-16-17-40-32(37)21(3)42-26-13-9-7-11-24(26)39-5/h6-13,19-21H,14-18H2,1-5H3,(H,33,36)(H,34,35). The van der Waals surface area contributed by atoms with Gasteiger partial charge in [0, 0.05) is 4.88 Å². The van der Waals surface area contributed by atoms with Crippen molar-refractivity contribution in [3.63, 3.8) is 0 Å². The molecule has 4 rings (SSSR count). The molecule has 11 heteroatoms. The van der Waals surface area contributed by atoms with Gasteiger partial charge in [0.1, 0.15) is 11.6 Å². The Hall–Kier alpha value is -4.25. The molecule has 1 aromatic heterocycles. The van der Waals surface area contributed by atoms with E-state index in [0.717, 1.165) is 29.7 Å². The maximum atomic E-state index is 13.4. The van der Waals surface area contributed by atoms with Gasteiger partial charge < -0.3 is 34.3 Å². The number of fused-ring (bicyclic) bond motifs is 1. The molecular formula is C32H38N2O8S. The van der Waals surface area contributed by atoms with Gasteiger partial charge in [-0.15, -0.1) is 11.3 Å². The van der Waals surface area contributed by atoms with E-state index >= 15 is 0 Å². The fourth-order valence-corrected chi connectivity index (χ4v) is 6.14. The first-order valence-electron chi connectivity index (χ1n) is 14.2. The van der Waals surface area contributed by atoms with Crippen LogP contribution in [-0.2, 0) is 27.2 Å². The van der Waals surface area contributed by atoms with Crippen molar-refractivity contribution in [3.8, 4) is 23.0 Å². The zero-order chi connectivity index (χ0) is 30.9. The van der Waals surface area contributed by atoms with Crippen LogP contribution in [0.2, 0.25) is 0 Å². The number of thiophene rings is 1. The number of anilines is 1. The third kappa shape index (κ3) is 7.98. The number of benzene rings is 2. The predicted molar refractivity (Wildman–Crippen MR) is 164 cm³/mol. The summed E-state index contributed by atoms with van der Waals surface area (Å²) in [5, 5.41) is 6.23. The lowest BCUT2D eigenvalue weighted by atomic mass is 9.88. The molecule has 3 aromatic rings. The average molecular weight is 611 g/mol. The van der Waals surface area contributed by atoms with Crippen LogP contribution in [0, 0.1) is 5.92 Å². The Morgan fingerprint density at radius 2 is 1.49 bits per heavy atom. The minimum absolute atomic E-state index is 0.0426. The van der Waals surface area contributed by atoms with Crippen LogP contribution in [0.1, 0.15) is 48.0 Å². The smallest absolute Gasteiger partial charge is 0.347 e. The molecule has 1 aliphatic carbocycles. The Bertz CT molecular complexity index is 1440. The highest BCUT2D eigenvalue weighted by Gasteiger charge is 2.29. The van der Waals surface area contributed by atoms with E-state index in [9.17, 15) is 14.4 Å². The van der Waals surface area contributed by atoms with Gasteiger partial charge in [0.05, 0.1) is 26.3 Å². The van der Waals surface area contributed by atoms with Gasteiger partial charge >= 0.3 is 5.97 Å². The van der Waals surface area contributed by atoms with Crippen molar-refractivity contribution in [3.05, 3.63) is 64.5 Å². The molecule has 0 radical (unpaired) electrons. The first kappa shape index (κ1) is 31.7. The summed E-state index contributed by atoms with van der Waals surface area (Å²) in [6.45, 7) is 5.45. The SMILES string of the molecule is COc1ccccc1OC(C)C(=O)Nc1sc2c(c1C(=O)NCCOC(=O)C(C)Oc1ccccc1OC)CCC(C)C2. The summed E-state index contributed by atoms with van der Waals surface area (Å²) < 4.78 is 27.5.